The molecule has 7 heavy (non-hydrogen) atoms. The van der Waals surface area contributed by atoms with Crippen molar-refractivity contribution in [2.45, 2.75) is 25.7 Å². The molecule has 38 valence electrons. The van der Waals surface area contributed by atoms with Gasteiger partial charge >= 0.3 is 0 Å². The number of rotatable bonds is 0. The summed E-state index contributed by atoms with van der Waals surface area (Å²) >= 11 is 0. The molecule has 0 unspecified atom stereocenters. The molecule has 0 spiro atoms. The third-order valence-corrected chi connectivity index (χ3v) is 1.71. The molecule has 0 fully saturated rings. The average molecular weight is 95.1 g/mol. The van der Waals surface area contributed by atoms with E-state index in [1.807, 2.05) is 0 Å². The summed E-state index contributed by atoms with van der Waals surface area (Å²) in [6, 6.07) is 0. The molecule has 0 aromatic heterocycles. The van der Waals surface area contributed by atoms with Gasteiger partial charge in [-0.3, -0.25) is 0 Å². The van der Waals surface area contributed by atoms with Crippen LogP contribution in [0.15, 0.2) is 11.4 Å². The first kappa shape index (κ1) is 3.53. The maximum Gasteiger partial charge on any atom is 0.0345 e. The van der Waals surface area contributed by atoms with Crippen LogP contribution in [0.2, 0.25) is 0 Å². The molecular weight excluding hydrogens is 86.1 g/mol. The summed E-state index contributed by atoms with van der Waals surface area (Å²) in [5, 5.41) is 3.26. The second-order valence-corrected chi connectivity index (χ2v) is 2.29. The van der Waals surface area contributed by atoms with Crippen molar-refractivity contribution in [2.75, 3.05) is 0 Å². The lowest BCUT2D eigenvalue weighted by Crippen LogP contribution is -1.77. The van der Waals surface area contributed by atoms with Crippen LogP contribution in [0.4, 0.5) is 0 Å². The molecule has 0 atom stereocenters. The first-order valence-electron chi connectivity index (χ1n) is 2.96. The van der Waals surface area contributed by atoms with Crippen LogP contribution in [-0.4, -0.2) is 0 Å². The van der Waals surface area contributed by atoms with Gasteiger partial charge in [-0.15, -0.1) is 0 Å². The maximum absolute atomic E-state index is 3.26. The zero-order chi connectivity index (χ0) is 4.69. The fourth-order valence-electron chi connectivity index (χ4n) is 1.18. The van der Waals surface area contributed by atoms with Crippen molar-refractivity contribution in [3.05, 3.63) is 11.4 Å². The third-order valence-electron chi connectivity index (χ3n) is 1.71. The van der Waals surface area contributed by atoms with Crippen LogP contribution in [0.3, 0.4) is 0 Å². The van der Waals surface area contributed by atoms with Gasteiger partial charge in [0.25, 0.3) is 0 Å². The Morgan fingerprint density at radius 2 is 1.57 bits per heavy atom. The number of hydrogen-bond acceptors (Lipinski definition) is 1. The van der Waals surface area contributed by atoms with Gasteiger partial charge in [0.1, 0.15) is 0 Å². The molecule has 0 radical (unpaired) electrons. The lowest BCUT2D eigenvalue weighted by atomic mass is 10.1. The van der Waals surface area contributed by atoms with Gasteiger partial charge in [-0.1, -0.05) is 0 Å². The van der Waals surface area contributed by atoms with Crippen LogP contribution in [0.25, 0.3) is 0 Å². The normalized spacial score (nSPS) is 26.3. The highest BCUT2D eigenvalue weighted by Gasteiger charge is 2.22. The van der Waals surface area contributed by atoms with E-state index in [0.717, 1.165) is 0 Å². The molecule has 0 aromatic carbocycles. The first-order chi connectivity index (χ1) is 3.47. The van der Waals surface area contributed by atoms with E-state index in [-0.39, 0.29) is 0 Å². The van der Waals surface area contributed by atoms with E-state index < -0.39 is 0 Å². The summed E-state index contributed by atoms with van der Waals surface area (Å²) in [6.07, 6.45) is 5.47. The van der Waals surface area contributed by atoms with E-state index in [1.54, 1.807) is 11.4 Å². The standard InChI is InChI=1S/C6H9N/c1-2-4-6-5(3-1)7-6/h7H,1-4H2. The summed E-state index contributed by atoms with van der Waals surface area (Å²) in [5.74, 6) is 0. The topological polar surface area (TPSA) is 21.9 Å². The highest BCUT2D eigenvalue weighted by molar-refractivity contribution is 5.31. The lowest BCUT2D eigenvalue weighted by molar-refractivity contribution is 0.730. The van der Waals surface area contributed by atoms with E-state index in [0.29, 0.717) is 0 Å². The monoisotopic (exact) mass is 95.1 g/mol. The zero-order valence-electron chi connectivity index (χ0n) is 4.33. The van der Waals surface area contributed by atoms with E-state index in [9.17, 15) is 0 Å². The van der Waals surface area contributed by atoms with E-state index in [4.69, 9.17) is 0 Å². The summed E-state index contributed by atoms with van der Waals surface area (Å²) in [5.41, 5.74) is 3.09. The van der Waals surface area contributed by atoms with Gasteiger partial charge in [-0.05, 0) is 25.7 Å². The summed E-state index contributed by atoms with van der Waals surface area (Å²) in [7, 11) is 0. The Hall–Kier alpha value is -0.460. The Morgan fingerprint density at radius 3 is 2.00 bits per heavy atom. The summed E-state index contributed by atoms with van der Waals surface area (Å²) in [6.45, 7) is 0. The van der Waals surface area contributed by atoms with Crippen molar-refractivity contribution in [3.8, 4) is 0 Å². The van der Waals surface area contributed by atoms with Crippen LogP contribution < -0.4 is 5.32 Å². The van der Waals surface area contributed by atoms with Gasteiger partial charge in [0.2, 0.25) is 0 Å². The molecule has 1 aliphatic carbocycles. The molecule has 0 saturated heterocycles. The van der Waals surface area contributed by atoms with Crippen LogP contribution >= 0.6 is 0 Å². The Bertz CT molecular complexity index is 110. The lowest BCUT2D eigenvalue weighted by Gasteiger charge is -1.93. The van der Waals surface area contributed by atoms with Crippen molar-refractivity contribution in [3.63, 3.8) is 0 Å². The molecule has 0 bridgehead atoms. The molecule has 1 aliphatic heterocycles. The van der Waals surface area contributed by atoms with Gasteiger partial charge in [0, 0.05) is 11.4 Å². The fraction of sp³-hybridized carbons (Fsp3) is 0.667. The predicted molar refractivity (Wildman–Crippen MR) is 28.6 cm³/mol. The smallest absolute Gasteiger partial charge is 0.0345 e. The minimum atomic E-state index is 1.33. The van der Waals surface area contributed by atoms with Gasteiger partial charge in [0.05, 0.1) is 0 Å². The molecule has 1 nitrogen and oxygen atoms in total. The van der Waals surface area contributed by atoms with Gasteiger partial charge < -0.3 is 5.32 Å². The molecule has 0 aromatic rings. The van der Waals surface area contributed by atoms with Crippen molar-refractivity contribution < 1.29 is 0 Å². The molecule has 1 heteroatoms. The van der Waals surface area contributed by atoms with Crippen molar-refractivity contribution >= 4 is 0 Å². The number of nitrogens with one attached hydrogen (secondary N) is 1. The van der Waals surface area contributed by atoms with Crippen LogP contribution in [0.5, 0.6) is 0 Å². The largest absolute Gasteiger partial charge is 0.359 e. The van der Waals surface area contributed by atoms with Crippen molar-refractivity contribution in [2.24, 2.45) is 0 Å². The molecule has 0 saturated carbocycles. The van der Waals surface area contributed by atoms with Gasteiger partial charge in [-0.2, -0.15) is 0 Å². The molecule has 2 aliphatic rings. The summed E-state index contributed by atoms with van der Waals surface area (Å²) in [4.78, 5) is 0. The number of allylic oxidation sites excluding steroid dienone is 2. The minimum absolute atomic E-state index is 1.33. The highest BCUT2D eigenvalue weighted by Crippen LogP contribution is 2.30. The fourth-order valence-corrected chi connectivity index (χ4v) is 1.18. The minimum Gasteiger partial charge on any atom is -0.359 e. The molecule has 0 amide bonds. The SMILES string of the molecule is C1CCC2=C(C1)N2. The predicted octanol–water partition coefficient (Wildman–Crippen LogP) is 1.38. The second-order valence-electron chi connectivity index (χ2n) is 2.29. The zero-order valence-corrected chi connectivity index (χ0v) is 4.33. The van der Waals surface area contributed by atoms with Crippen LogP contribution in [0, 0.1) is 0 Å². The van der Waals surface area contributed by atoms with Crippen molar-refractivity contribution in [1.82, 2.24) is 5.32 Å². The molecule has 1 N–H and O–H groups in total. The molecular formula is C6H9N. The van der Waals surface area contributed by atoms with Gasteiger partial charge in [0.15, 0.2) is 0 Å². The first-order valence-corrected chi connectivity index (χ1v) is 2.96. The van der Waals surface area contributed by atoms with E-state index >= 15 is 0 Å². The van der Waals surface area contributed by atoms with Gasteiger partial charge in [-0.25, -0.2) is 0 Å². The Labute approximate surface area is 43.4 Å². The van der Waals surface area contributed by atoms with Crippen LogP contribution in [0.1, 0.15) is 25.7 Å². The van der Waals surface area contributed by atoms with Crippen molar-refractivity contribution in [1.29, 1.82) is 0 Å². The highest BCUT2D eigenvalue weighted by atomic mass is 15.0. The third kappa shape index (κ3) is 0.441. The quantitative estimate of drug-likeness (QED) is 0.482. The Morgan fingerprint density at radius 1 is 1.00 bits per heavy atom. The Kier molecular flexibility index (Phi) is 0.518. The average Bonchev–Trinajstić information content (AvgIpc) is 2.41. The van der Waals surface area contributed by atoms with E-state index in [2.05, 4.69) is 5.32 Å². The molecule has 1 heterocycles. The molecule has 2 rings (SSSR count). The number of hydrogen-bond donors (Lipinski definition) is 1. The second kappa shape index (κ2) is 1.03. The maximum atomic E-state index is 3.26. The Balaban J connectivity index is 2.15. The van der Waals surface area contributed by atoms with E-state index in [1.165, 1.54) is 25.7 Å². The summed E-state index contributed by atoms with van der Waals surface area (Å²) < 4.78 is 0. The van der Waals surface area contributed by atoms with Crippen LogP contribution in [-0.2, 0) is 0 Å².